The summed E-state index contributed by atoms with van der Waals surface area (Å²) in [7, 11) is 1.54. The number of nitrogens with one attached hydrogen (secondary N) is 2. The summed E-state index contributed by atoms with van der Waals surface area (Å²) in [4.78, 5) is 25.3. The zero-order valence-corrected chi connectivity index (χ0v) is 11.5. The minimum Gasteiger partial charge on any atom is -0.341 e. The second-order valence-corrected chi connectivity index (χ2v) is 4.90. The van der Waals surface area contributed by atoms with Gasteiger partial charge >= 0.3 is 6.03 Å². The number of urea groups is 1. The zero-order valence-electron chi connectivity index (χ0n) is 11.5. The maximum absolute atomic E-state index is 12.3. The van der Waals surface area contributed by atoms with Gasteiger partial charge in [0.25, 0.3) is 0 Å². The number of benzene rings is 1. The van der Waals surface area contributed by atoms with Crippen LogP contribution in [0.15, 0.2) is 18.2 Å². The molecule has 0 bridgehead atoms. The molecule has 2 rings (SSSR count). The molecule has 1 unspecified atom stereocenters. The summed E-state index contributed by atoms with van der Waals surface area (Å²) in [6.45, 7) is 4.66. The van der Waals surface area contributed by atoms with Crippen molar-refractivity contribution in [3.63, 3.8) is 0 Å². The van der Waals surface area contributed by atoms with Crippen LogP contribution in [0, 0.1) is 13.8 Å². The number of aryl methyl sites for hydroxylation is 2. The molecular weight excluding hydrogens is 242 g/mol. The van der Waals surface area contributed by atoms with E-state index in [9.17, 15) is 9.59 Å². The zero-order chi connectivity index (χ0) is 14.0. The summed E-state index contributed by atoms with van der Waals surface area (Å²) in [5.41, 5.74) is 3.17. The Morgan fingerprint density at radius 1 is 1.26 bits per heavy atom. The molecule has 2 N–H and O–H groups in total. The van der Waals surface area contributed by atoms with E-state index < -0.39 is 6.04 Å². The Balaban J connectivity index is 2.15. The highest BCUT2D eigenvalue weighted by molar-refractivity contribution is 6.01. The van der Waals surface area contributed by atoms with E-state index in [-0.39, 0.29) is 11.9 Å². The number of anilines is 1. The van der Waals surface area contributed by atoms with Gasteiger partial charge in [0.15, 0.2) is 0 Å². The number of carbonyl (C=O) groups is 2. The summed E-state index contributed by atoms with van der Waals surface area (Å²) >= 11 is 0. The lowest BCUT2D eigenvalue weighted by molar-refractivity contribution is -0.118. The molecule has 1 aromatic carbocycles. The van der Waals surface area contributed by atoms with Gasteiger partial charge < -0.3 is 15.5 Å². The van der Waals surface area contributed by atoms with Crippen LogP contribution in [0.5, 0.6) is 0 Å². The Hall–Kier alpha value is -2.04. The average molecular weight is 261 g/mol. The second-order valence-electron chi connectivity index (χ2n) is 4.90. The molecule has 0 spiro atoms. The third-order valence-corrected chi connectivity index (χ3v) is 3.26. The molecule has 0 radical (unpaired) electrons. The van der Waals surface area contributed by atoms with Crippen molar-refractivity contribution in [2.45, 2.75) is 26.3 Å². The quantitative estimate of drug-likeness (QED) is 0.844. The molecule has 1 atom stereocenters. The Morgan fingerprint density at radius 3 is 2.47 bits per heavy atom. The fourth-order valence-corrected chi connectivity index (χ4v) is 2.41. The summed E-state index contributed by atoms with van der Waals surface area (Å²) in [6.07, 6.45) is 0.638. The molecule has 1 aliphatic heterocycles. The van der Waals surface area contributed by atoms with Gasteiger partial charge in [-0.1, -0.05) is 6.07 Å². The van der Waals surface area contributed by atoms with Gasteiger partial charge in [-0.3, -0.25) is 4.79 Å². The summed E-state index contributed by atoms with van der Waals surface area (Å²) < 4.78 is 0. The van der Waals surface area contributed by atoms with Gasteiger partial charge in [0.05, 0.1) is 0 Å². The van der Waals surface area contributed by atoms with Gasteiger partial charge in [-0.2, -0.15) is 0 Å². The molecule has 0 aliphatic carbocycles. The van der Waals surface area contributed by atoms with Crippen LogP contribution < -0.4 is 15.5 Å². The summed E-state index contributed by atoms with van der Waals surface area (Å²) in [6, 6.07) is 5.31. The first kappa shape index (κ1) is 13.4. The second kappa shape index (κ2) is 5.30. The number of hydrogen-bond acceptors (Lipinski definition) is 2. The Morgan fingerprint density at radius 2 is 1.89 bits per heavy atom. The van der Waals surface area contributed by atoms with Crippen molar-refractivity contribution in [2.24, 2.45) is 0 Å². The van der Waals surface area contributed by atoms with Crippen molar-refractivity contribution in [3.8, 4) is 0 Å². The van der Waals surface area contributed by atoms with Gasteiger partial charge in [-0.05, 0) is 43.5 Å². The fraction of sp³-hybridized carbons (Fsp3) is 0.429. The van der Waals surface area contributed by atoms with Crippen molar-refractivity contribution < 1.29 is 9.59 Å². The lowest BCUT2D eigenvalue weighted by atomic mass is 10.1. The van der Waals surface area contributed by atoms with Gasteiger partial charge in [0.2, 0.25) is 5.91 Å². The van der Waals surface area contributed by atoms with Crippen LogP contribution in [0.1, 0.15) is 17.5 Å². The van der Waals surface area contributed by atoms with E-state index in [1.807, 2.05) is 26.0 Å². The first-order valence-electron chi connectivity index (χ1n) is 6.39. The van der Waals surface area contributed by atoms with Crippen molar-refractivity contribution in [3.05, 3.63) is 29.3 Å². The number of amides is 3. The highest BCUT2D eigenvalue weighted by atomic mass is 16.2. The predicted octanol–water partition coefficient (Wildman–Crippen LogP) is 1.34. The number of hydrogen-bond donors (Lipinski definition) is 2. The molecule has 1 aliphatic rings. The van der Waals surface area contributed by atoms with E-state index in [0.717, 1.165) is 16.8 Å². The van der Waals surface area contributed by atoms with Crippen LogP contribution in [0.25, 0.3) is 0 Å². The van der Waals surface area contributed by atoms with Crippen LogP contribution in [-0.4, -0.2) is 31.6 Å². The van der Waals surface area contributed by atoms with Crippen LogP contribution in [0.3, 0.4) is 0 Å². The van der Waals surface area contributed by atoms with Crippen LogP contribution in [0.4, 0.5) is 10.5 Å². The lowest BCUT2D eigenvalue weighted by Gasteiger charge is -2.18. The number of rotatable bonds is 2. The largest absolute Gasteiger partial charge is 0.341 e. The molecule has 1 saturated heterocycles. The minimum absolute atomic E-state index is 0.0476. The third-order valence-electron chi connectivity index (χ3n) is 3.26. The monoisotopic (exact) mass is 261 g/mol. The average Bonchev–Trinajstić information content (AvgIpc) is 2.69. The van der Waals surface area contributed by atoms with E-state index in [1.165, 1.54) is 7.05 Å². The minimum atomic E-state index is -0.430. The Kier molecular flexibility index (Phi) is 3.74. The molecule has 102 valence electrons. The van der Waals surface area contributed by atoms with E-state index in [2.05, 4.69) is 16.7 Å². The maximum Gasteiger partial charge on any atom is 0.315 e. The molecule has 0 aromatic heterocycles. The van der Waals surface area contributed by atoms with Crippen LogP contribution in [-0.2, 0) is 4.79 Å². The highest BCUT2D eigenvalue weighted by Crippen LogP contribution is 2.24. The van der Waals surface area contributed by atoms with Crippen LogP contribution in [0.2, 0.25) is 0 Å². The molecule has 5 heteroatoms. The van der Waals surface area contributed by atoms with E-state index in [0.29, 0.717) is 13.0 Å². The Labute approximate surface area is 113 Å². The summed E-state index contributed by atoms with van der Waals surface area (Å²) in [5, 5.41) is 5.13. The van der Waals surface area contributed by atoms with Gasteiger partial charge in [0, 0.05) is 19.3 Å². The van der Waals surface area contributed by atoms with E-state index in [4.69, 9.17) is 0 Å². The van der Waals surface area contributed by atoms with Crippen molar-refractivity contribution in [2.75, 3.05) is 18.5 Å². The standard InChI is InChI=1S/C14H19N3O2/c1-9-6-10(2)8-11(7-9)17-5-4-12(13(17)18)16-14(19)15-3/h6-8,12H,4-5H2,1-3H3,(H2,15,16,19). The van der Waals surface area contributed by atoms with Gasteiger partial charge in [-0.15, -0.1) is 0 Å². The first-order valence-corrected chi connectivity index (χ1v) is 6.39. The fourth-order valence-electron chi connectivity index (χ4n) is 2.41. The topological polar surface area (TPSA) is 61.4 Å². The third kappa shape index (κ3) is 2.86. The molecule has 1 fully saturated rings. The summed E-state index contributed by atoms with van der Waals surface area (Å²) in [5.74, 6) is -0.0476. The van der Waals surface area contributed by atoms with Gasteiger partial charge in [-0.25, -0.2) is 4.79 Å². The molecular formula is C14H19N3O2. The van der Waals surface area contributed by atoms with E-state index in [1.54, 1.807) is 4.90 Å². The molecule has 19 heavy (non-hydrogen) atoms. The predicted molar refractivity (Wildman–Crippen MR) is 74.3 cm³/mol. The SMILES string of the molecule is CNC(=O)NC1CCN(c2cc(C)cc(C)c2)C1=O. The van der Waals surface area contributed by atoms with Crippen molar-refractivity contribution in [1.29, 1.82) is 0 Å². The molecule has 0 saturated carbocycles. The van der Waals surface area contributed by atoms with Gasteiger partial charge in [0.1, 0.15) is 6.04 Å². The molecule has 1 heterocycles. The molecule has 5 nitrogen and oxygen atoms in total. The Bertz CT molecular complexity index is 493. The maximum atomic E-state index is 12.3. The van der Waals surface area contributed by atoms with Crippen LogP contribution >= 0.6 is 0 Å². The lowest BCUT2D eigenvalue weighted by Crippen LogP contribution is -2.45. The van der Waals surface area contributed by atoms with E-state index >= 15 is 0 Å². The first-order chi connectivity index (χ1) is 9.01. The highest BCUT2D eigenvalue weighted by Gasteiger charge is 2.33. The molecule has 1 aromatic rings. The van der Waals surface area contributed by atoms with Crippen molar-refractivity contribution in [1.82, 2.24) is 10.6 Å². The van der Waals surface area contributed by atoms with Crippen molar-refractivity contribution >= 4 is 17.6 Å². The molecule has 3 amide bonds. The normalized spacial score (nSPS) is 18.6. The number of nitrogens with zero attached hydrogens (tertiary/aromatic N) is 1. The smallest absolute Gasteiger partial charge is 0.315 e. The number of carbonyl (C=O) groups excluding carboxylic acids is 2.